The topological polar surface area (TPSA) is 134 Å². The van der Waals surface area contributed by atoms with Crippen LogP contribution in [0.2, 0.25) is 0 Å². The maximum Gasteiger partial charge on any atom is 0.408 e. The van der Waals surface area contributed by atoms with Gasteiger partial charge in [-0.05, 0) is 62.7 Å². The largest absolute Gasteiger partial charge is 0.465 e. The van der Waals surface area contributed by atoms with Gasteiger partial charge in [0.15, 0.2) is 0 Å². The lowest BCUT2D eigenvalue weighted by atomic mass is 9.97. The number of anilines is 2. The van der Waals surface area contributed by atoms with Crippen molar-refractivity contribution < 1.29 is 28.4 Å². The summed E-state index contributed by atoms with van der Waals surface area (Å²) in [4.78, 5) is 44.7. The number of carboxylic acid groups (broad SMARTS) is 1. The van der Waals surface area contributed by atoms with E-state index in [-0.39, 0.29) is 25.2 Å². The highest BCUT2D eigenvalue weighted by molar-refractivity contribution is 5.86. The smallest absolute Gasteiger partial charge is 0.408 e. The second-order valence-corrected chi connectivity index (χ2v) is 11.7. The number of aromatic nitrogens is 2. The molecule has 13 heteroatoms. The Balaban J connectivity index is 1.50. The summed E-state index contributed by atoms with van der Waals surface area (Å²) in [5.41, 5.74) is 1.02. The van der Waals surface area contributed by atoms with E-state index in [9.17, 15) is 33.6 Å². The lowest BCUT2D eigenvalue weighted by molar-refractivity contribution is -0.384. The highest BCUT2D eigenvalue weighted by Crippen LogP contribution is 2.34. The van der Waals surface area contributed by atoms with Crippen LogP contribution in [0.5, 0.6) is 0 Å². The number of carbonyl (C=O) groups excluding carboxylic acids is 1. The minimum Gasteiger partial charge on any atom is -0.465 e. The number of halogens is 2. The number of nitro benzene ring substituents is 1. The van der Waals surface area contributed by atoms with Crippen LogP contribution in [-0.2, 0) is 24.3 Å². The predicted molar refractivity (Wildman–Crippen MR) is 163 cm³/mol. The molecule has 0 spiro atoms. The standard InChI is InChI=1S/C32H32F2N6O5/c1-32(2,3)39(31(42)43)26(17-20-7-13-25(14-8-20)40(44)45)30(41)37-15-16-38-27(19-37)36-28(21-5-4-6-23(34)18-21)29(38)35-24-11-9-22(33)10-12-24/h4-14,18,26,35H,15-17,19H2,1-3H3,(H,42,43)/t26-/m0/s1. The van der Waals surface area contributed by atoms with Gasteiger partial charge >= 0.3 is 6.09 Å². The highest BCUT2D eigenvalue weighted by atomic mass is 19.1. The molecule has 0 unspecified atom stereocenters. The van der Waals surface area contributed by atoms with Crippen LogP contribution in [-0.4, -0.2) is 59.5 Å². The summed E-state index contributed by atoms with van der Waals surface area (Å²) in [6, 6.07) is 16.2. The molecule has 0 radical (unpaired) electrons. The number of fused-ring (bicyclic) bond motifs is 1. The first-order chi connectivity index (χ1) is 21.3. The molecule has 11 nitrogen and oxygen atoms in total. The maximum atomic E-state index is 14.2. The summed E-state index contributed by atoms with van der Waals surface area (Å²) < 4.78 is 29.7. The van der Waals surface area contributed by atoms with Gasteiger partial charge in [0.1, 0.15) is 35.0 Å². The molecule has 2 heterocycles. The number of imidazole rings is 1. The molecule has 0 fully saturated rings. The molecule has 4 aromatic rings. The molecule has 0 saturated carbocycles. The molecule has 1 aromatic heterocycles. The van der Waals surface area contributed by atoms with E-state index in [1.165, 1.54) is 53.4 Å². The Bertz CT molecular complexity index is 1730. The van der Waals surface area contributed by atoms with Gasteiger partial charge < -0.3 is 19.9 Å². The Kier molecular flexibility index (Phi) is 8.53. The minimum atomic E-state index is -1.28. The number of amides is 2. The number of nitrogens with zero attached hydrogens (tertiary/aromatic N) is 5. The lowest BCUT2D eigenvalue weighted by Gasteiger charge is -2.41. The Morgan fingerprint density at radius 3 is 2.33 bits per heavy atom. The molecule has 5 rings (SSSR count). The molecule has 2 amide bonds. The first-order valence-electron chi connectivity index (χ1n) is 14.2. The average molecular weight is 619 g/mol. The summed E-state index contributed by atoms with van der Waals surface area (Å²) in [5, 5.41) is 24.6. The number of hydrogen-bond donors (Lipinski definition) is 2. The van der Waals surface area contributed by atoms with Gasteiger partial charge in [0.05, 0.1) is 11.5 Å². The molecule has 2 N–H and O–H groups in total. The molecule has 234 valence electrons. The third kappa shape index (κ3) is 6.77. The van der Waals surface area contributed by atoms with Gasteiger partial charge in [0.2, 0.25) is 5.91 Å². The molecule has 1 aliphatic heterocycles. The zero-order valence-electron chi connectivity index (χ0n) is 24.9. The quantitative estimate of drug-likeness (QED) is 0.177. The van der Waals surface area contributed by atoms with E-state index < -0.39 is 40.1 Å². The van der Waals surface area contributed by atoms with Crippen molar-refractivity contribution in [2.24, 2.45) is 0 Å². The zero-order valence-corrected chi connectivity index (χ0v) is 24.9. The third-order valence-electron chi connectivity index (χ3n) is 7.59. The highest BCUT2D eigenvalue weighted by Gasteiger charge is 2.40. The SMILES string of the molecule is CC(C)(C)N(C(=O)O)[C@@H](Cc1ccc([N+](=O)[O-])cc1)C(=O)N1CCn2c(nc(-c3cccc(F)c3)c2Nc2ccc(F)cc2)C1. The van der Waals surface area contributed by atoms with E-state index in [0.717, 1.165) is 4.90 Å². The number of nitro groups is 1. The number of non-ortho nitro benzene ring substituents is 1. The molecule has 0 aliphatic carbocycles. The Labute approximate surface area is 257 Å². The van der Waals surface area contributed by atoms with Crippen molar-refractivity contribution in [1.82, 2.24) is 19.4 Å². The molecular formula is C32H32F2N6O5. The Morgan fingerprint density at radius 2 is 1.73 bits per heavy atom. The first kappa shape index (κ1) is 31.1. The molecule has 45 heavy (non-hydrogen) atoms. The fourth-order valence-corrected chi connectivity index (χ4v) is 5.52. The lowest BCUT2D eigenvalue weighted by Crippen LogP contribution is -2.59. The number of hydrogen-bond acceptors (Lipinski definition) is 6. The zero-order chi connectivity index (χ0) is 32.5. The summed E-state index contributed by atoms with van der Waals surface area (Å²) >= 11 is 0. The van der Waals surface area contributed by atoms with Gasteiger partial charge in [-0.2, -0.15) is 0 Å². The summed E-state index contributed by atoms with van der Waals surface area (Å²) in [6.07, 6.45) is -1.28. The van der Waals surface area contributed by atoms with Crippen molar-refractivity contribution in [3.8, 4) is 11.3 Å². The fraction of sp³-hybridized carbons (Fsp3) is 0.281. The number of rotatable bonds is 8. The van der Waals surface area contributed by atoms with E-state index in [0.29, 0.717) is 40.7 Å². The summed E-state index contributed by atoms with van der Waals surface area (Å²) in [7, 11) is 0. The van der Waals surface area contributed by atoms with Crippen LogP contribution < -0.4 is 5.32 Å². The van der Waals surface area contributed by atoms with Gasteiger partial charge in [-0.15, -0.1) is 0 Å². The molecular weight excluding hydrogens is 586 g/mol. The number of benzene rings is 3. The Morgan fingerprint density at radius 1 is 1.04 bits per heavy atom. The first-order valence-corrected chi connectivity index (χ1v) is 14.2. The second kappa shape index (κ2) is 12.3. The fourth-order valence-electron chi connectivity index (χ4n) is 5.52. The molecule has 3 aromatic carbocycles. The van der Waals surface area contributed by atoms with Gasteiger partial charge in [-0.3, -0.25) is 19.8 Å². The molecule has 1 atom stereocenters. The van der Waals surface area contributed by atoms with Crippen LogP contribution in [0.1, 0.15) is 32.2 Å². The van der Waals surface area contributed by atoms with Crippen LogP contribution in [0.25, 0.3) is 11.3 Å². The normalized spacial score (nSPS) is 13.6. The van der Waals surface area contributed by atoms with E-state index in [4.69, 9.17) is 4.98 Å². The van der Waals surface area contributed by atoms with Crippen molar-refractivity contribution in [3.63, 3.8) is 0 Å². The van der Waals surface area contributed by atoms with Gasteiger partial charge in [-0.1, -0.05) is 24.3 Å². The van der Waals surface area contributed by atoms with Crippen molar-refractivity contribution in [2.75, 3.05) is 11.9 Å². The maximum absolute atomic E-state index is 14.2. The van der Waals surface area contributed by atoms with Crippen molar-refractivity contribution in [1.29, 1.82) is 0 Å². The van der Waals surface area contributed by atoms with Crippen LogP contribution in [0.4, 0.5) is 30.8 Å². The average Bonchev–Trinajstić information content (AvgIpc) is 3.34. The summed E-state index contributed by atoms with van der Waals surface area (Å²) in [6.45, 7) is 5.63. The van der Waals surface area contributed by atoms with Crippen molar-refractivity contribution in [3.05, 3.63) is 106 Å². The van der Waals surface area contributed by atoms with Gasteiger partial charge in [0.25, 0.3) is 5.69 Å². The number of nitrogens with one attached hydrogen (secondary N) is 1. The van der Waals surface area contributed by atoms with Crippen molar-refractivity contribution in [2.45, 2.75) is 51.9 Å². The summed E-state index contributed by atoms with van der Waals surface area (Å²) in [5.74, 6) is -0.263. The van der Waals surface area contributed by atoms with E-state index in [2.05, 4.69) is 5.32 Å². The third-order valence-corrected chi connectivity index (χ3v) is 7.59. The molecule has 0 saturated heterocycles. The van der Waals surface area contributed by atoms with Crippen LogP contribution in [0.15, 0.2) is 72.8 Å². The monoisotopic (exact) mass is 618 g/mol. The van der Waals surface area contributed by atoms with Crippen LogP contribution in [0.3, 0.4) is 0 Å². The van der Waals surface area contributed by atoms with Crippen LogP contribution >= 0.6 is 0 Å². The van der Waals surface area contributed by atoms with E-state index >= 15 is 0 Å². The minimum absolute atomic E-state index is 0.00273. The predicted octanol–water partition coefficient (Wildman–Crippen LogP) is 6.21. The molecule has 1 aliphatic rings. The van der Waals surface area contributed by atoms with E-state index in [1.807, 2.05) is 4.57 Å². The Hall–Kier alpha value is -5.33. The van der Waals surface area contributed by atoms with Gasteiger partial charge in [0, 0.05) is 48.4 Å². The molecule has 0 bridgehead atoms. The van der Waals surface area contributed by atoms with Crippen LogP contribution in [0, 0.1) is 21.7 Å². The second-order valence-electron chi connectivity index (χ2n) is 11.7. The van der Waals surface area contributed by atoms with E-state index in [1.54, 1.807) is 45.0 Å². The van der Waals surface area contributed by atoms with Gasteiger partial charge in [-0.25, -0.2) is 18.6 Å². The van der Waals surface area contributed by atoms with Crippen molar-refractivity contribution >= 4 is 29.2 Å². The number of carbonyl (C=O) groups is 2.